The van der Waals surface area contributed by atoms with Gasteiger partial charge in [-0.1, -0.05) is 29.9 Å². The van der Waals surface area contributed by atoms with Gasteiger partial charge in [0.2, 0.25) is 0 Å². The molecule has 0 aliphatic heterocycles. The monoisotopic (exact) mass is 228 g/mol. The zero-order valence-corrected chi connectivity index (χ0v) is 8.62. The summed E-state index contributed by atoms with van der Waals surface area (Å²) in [4.78, 5) is 0.362. The van der Waals surface area contributed by atoms with Gasteiger partial charge in [-0.05, 0) is 17.7 Å². The second-order valence-electron chi connectivity index (χ2n) is 2.57. The Labute approximate surface area is 91.3 Å². The predicted molar refractivity (Wildman–Crippen MR) is 56.5 cm³/mol. The summed E-state index contributed by atoms with van der Waals surface area (Å²) in [5, 5.41) is 10.9. The topological polar surface area (TPSA) is 35.8 Å². The van der Waals surface area contributed by atoms with E-state index in [0.717, 1.165) is 0 Å². The van der Waals surface area contributed by atoms with Gasteiger partial charge in [0.15, 0.2) is 6.19 Å². The first-order valence-electron chi connectivity index (χ1n) is 3.75. The minimum absolute atomic E-state index is 0.312. The van der Waals surface area contributed by atoms with Gasteiger partial charge < -0.3 is 0 Å². The minimum atomic E-state index is -0.391. The van der Waals surface area contributed by atoms with Crippen molar-refractivity contribution in [3.05, 3.63) is 34.6 Å². The molecule has 1 N–H and O–H groups in total. The lowest BCUT2D eigenvalue weighted by Crippen LogP contribution is -2.17. The molecule has 0 spiro atoms. The summed E-state index contributed by atoms with van der Waals surface area (Å²) in [5.74, 6) is -0.391. The van der Waals surface area contributed by atoms with E-state index in [-0.39, 0.29) is 0 Å². The van der Waals surface area contributed by atoms with Crippen LogP contribution in [-0.2, 0) is 6.42 Å². The molecule has 0 fully saturated rings. The molecule has 0 saturated carbocycles. The first kappa shape index (κ1) is 10.9. The second-order valence-corrected chi connectivity index (χ2v) is 3.47. The van der Waals surface area contributed by atoms with Crippen LogP contribution in [0.4, 0.5) is 4.39 Å². The number of benzene rings is 1. The van der Waals surface area contributed by atoms with Crippen LogP contribution in [0.2, 0.25) is 5.02 Å². The summed E-state index contributed by atoms with van der Waals surface area (Å²) in [6, 6.07) is 4.06. The normalized spacial score (nSPS) is 9.21. The second kappa shape index (κ2) is 4.89. The Morgan fingerprint density at radius 1 is 1.64 bits per heavy atom. The molecule has 14 heavy (non-hydrogen) atoms. The van der Waals surface area contributed by atoms with E-state index in [2.05, 4.69) is 5.32 Å². The van der Waals surface area contributed by atoms with Gasteiger partial charge in [0.25, 0.3) is 0 Å². The molecule has 0 unspecified atom stereocenters. The highest BCUT2D eigenvalue weighted by Crippen LogP contribution is 2.17. The molecule has 5 heteroatoms. The maximum atomic E-state index is 12.6. The number of nitrogens with zero attached hydrogens (tertiary/aromatic N) is 1. The molecule has 0 atom stereocenters. The Bertz CT molecular complexity index is 400. The van der Waals surface area contributed by atoms with Gasteiger partial charge in [0, 0.05) is 11.4 Å². The largest absolute Gasteiger partial charge is 0.286 e. The summed E-state index contributed by atoms with van der Waals surface area (Å²) < 4.78 is 12.6. The van der Waals surface area contributed by atoms with Crippen LogP contribution < -0.4 is 5.32 Å². The molecular formula is C9H6ClFN2S. The van der Waals surface area contributed by atoms with Crippen molar-refractivity contribution < 1.29 is 4.39 Å². The Balaban J connectivity index is 2.78. The average Bonchev–Trinajstić information content (AvgIpc) is 2.10. The van der Waals surface area contributed by atoms with Crippen molar-refractivity contribution >= 4 is 28.8 Å². The van der Waals surface area contributed by atoms with Crippen LogP contribution in [0.1, 0.15) is 5.56 Å². The third-order valence-electron chi connectivity index (χ3n) is 1.56. The quantitative estimate of drug-likeness (QED) is 0.480. The van der Waals surface area contributed by atoms with Crippen LogP contribution in [-0.4, -0.2) is 4.99 Å². The fraction of sp³-hybridized carbons (Fsp3) is 0.111. The van der Waals surface area contributed by atoms with Crippen molar-refractivity contribution in [2.75, 3.05) is 0 Å². The van der Waals surface area contributed by atoms with Crippen LogP contribution >= 0.6 is 23.8 Å². The SMILES string of the molecule is N#CNC(=S)Cc1ccc(F)cc1Cl. The molecule has 0 heterocycles. The van der Waals surface area contributed by atoms with Crippen molar-refractivity contribution in [2.45, 2.75) is 6.42 Å². The summed E-state index contributed by atoms with van der Waals surface area (Å²) in [7, 11) is 0. The van der Waals surface area contributed by atoms with Gasteiger partial charge in [0.1, 0.15) is 5.82 Å². The lowest BCUT2D eigenvalue weighted by Gasteiger charge is -2.03. The maximum Gasteiger partial charge on any atom is 0.181 e. The number of hydrogen-bond acceptors (Lipinski definition) is 2. The summed E-state index contributed by atoms with van der Waals surface area (Å²) in [5.41, 5.74) is 0.695. The zero-order valence-electron chi connectivity index (χ0n) is 7.05. The highest BCUT2D eigenvalue weighted by atomic mass is 35.5. The van der Waals surface area contributed by atoms with E-state index >= 15 is 0 Å². The molecule has 1 rings (SSSR count). The molecule has 0 aromatic heterocycles. The lowest BCUT2D eigenvalue weighted by atomic mass is 10.1. The van der Waals surface area contributed by atoms with Crippen molar-refractivity contribution in [3.8, 4) is 6.19 Å². The van der Waals surface area contributed by atoms with Crippen molar-refractivity contribution in [1.82, 2.24) is 5.32 Å². The van der Waals surface area contributed by atoms with Crippen molar-refractivity contribution in [3.63, 3.8) is 0 Å². The van der Waals surface area contributed by atoms with Crippen LogP contribution in [0.25, 0.3) is 0 Å². The highest BCUT2D eigenvalue weighted by molar-refractivity contribution is 7.80. The molecule has 0 bridgehead atoms. The Kier molecular flexibility index (Phi) is 3.81. The molecule has 0 saturated heterocycles. The standard InChI is InChI=1S/C9H6ClFN2S/c10-8-4-7(11)2-1-6(8)3-9(14)13-5-12/h1-2,4H,3H2,(H,13,14). The van der Waals surface area contributed by atoms with Gasteiger partial charge >= 0.3 is 0 Å². The van der Waals surface area contributed by atoms with E-state index in [0.29, 0.717) is 22.0 Å². The van der Waals surface area contributed by atoms with Crippen LogP contribution in [0.3, 0.4) is 0 Å². The van der Waals surface area contributed by atoms with Crippen molar-refractivity contribution in [2.24, 2.45) is 0 Å². The number of rotatable bonds is 2. The van der Waals surface area contributed by atoms with E-state index in [1.807, 2.05) is 0 Å². The third kappa shape index (κ3) is 2.95. The predicted octanol–water partition coefficient (Wildman–Crippen LogP) is 2.42. The molecule has 2 nitrogen and oxygen atoms in total. The number of halogens is 2. The number of nitriles is 1. The van der Waals surface area contributed by atoms with Gasteiger partial charge in [0.05, 0.1) is 4.99 Å². The molecule has 0 radical (unpaired) electrons. The lowest BCUT2D eigenvalue weighted by molar-refractivity contribution is 0.627. The zero-order chi connectivity index (χ0) is 10.6. The third-order valence-corrected chi connectivity index (χ3v) is 2.16. The molecule has 72 valence electrons. The number of nitrogens with one attached hydrogen (secondary N) is 1. The highest BCUT2D eigenvalue weighted by Gasteiger charge is 2.04. The number of thiocarbonyl (C=S) groups is 1. The van der Waals surface area contributed by atoms with Crippen LogP contribution in [0.5, 0.6) is 0 Å². The summed E-state index contributed by atoms with van der Waals surface area (Å²) in [6.45, 7) is 0. The van der Waals surface area contributed by atoms with Gasteiger partial charge in [-0.15, -0.1) is 0 Å². The summed E-state index contributed by atoms with van der Waals surface area (Å²) >= 11 is 10.6. The van der Waals surface area contributed by atoms with Gasteiger partial charge in [-0.25, -0.2) is 4.39 Å². The molecule has 1 aromatic rings. The Morgan fingerprint density at radius 2 is 2.36 bits per heavy atom. The van der Waals surface area contributed by atoms with Gasteiger partial charge in [-0.3, -0.25) is 5.32 Å². The molecular weight excluding hydrogens is 223 g/mol. The Hall–Kier alpha value is -1.18. The van der Waals surface area contributed by atoms with E-state index in [1.165, 1.54) is 12.1 Å². The van der Waals surface area contributed by atoms with Crippen LogP contribution in [0.15, 0.2) is 18.2 Å². The molecule has 0 aliphatic rings. The molecule has 0 amide bonds. The Morgan fingerprint density at radius 3 is 2.93 bits per heavy atom. The fourth-order valence-electron chi connectivity index (χ4n) is 0.945. The summed E-state index contributed by atoms with van der Waals surface area (Å²) in [6.07, 6.45) is 2.05. The van der Waals surface area contributed by atoms with E-state index in [9.17, 15) is 4.39 Å². The van der Waals surface area contributed by atoms with Gasteiger partial charge in [-0.2, -0.15) is 5.26 Å². The van der Waals surface area contributed by atoms with E-state index < -0.39 is 5.82 Å². The average molecular weight is 229 g/mol. The fourth-order valence-corrected chi connectivity index (χ4v) is 1.38. The van der Waals surface area contributed by atoms with E-state index in [1.54, 1.807) is 12.3 Å². The van der Waals surface area contributed by atoms with E-state index in [4.69, 9.17) is 29.1 Å². The number of hydrogen-bond donors (Lipinski definition) is 1. The molecule has 0 aliphatic carbocycles. The van der Waals surface area contributed by atoms with Crippen molar-refractivity contribution in [1.29, 1.82) is 5.26 Å². The minimum Gasteiger partial charge on any atom is -0.286 e. The smallest absolute Gasteiger partial charge is 0.181 e. The molecule has 1 aromatic carbocycles. The maximum absolute atomic E-state index is 12.6. The van der Waals surface area contributed by atoms with Crippen LogP contribution in [0, 0.1) is 17.3 Å². The first-order chi connectivity index (χ1) is 6.63. The first-order valence-corrected chi connectivity index (χ1v) is 4.54.